The van der Waals surface area contributed by atoms with Gasteiger partial charge in [0.25, 0.3) is 0 Å². The molecule has 0 amide bonds. The quantitative estimate of drug-likeness (QED) is 0.622. The first-order chi connectivity index (χ1) is 7.19. The third-order valence-electron chi connectivity index (χ3n) is 1.70. The number of pyridine rings is 1. The van der Waals surface area contributed by atoms with Crippen LogP contribution in [-0.4, -0.2) is 33.7 Å². The van der Waals surface area contributed by atoms with E-state index in [1.165, 1.54) is 24.0 Å². The third-order valence-corrected chi connectivity index (χ3v) is 2.85. The van der Waals surface area contributed by atoms with Crippen LogP contribution < -0.4 is 5.73 Å². The zero-order valence-corrected chi connectivity index (χ0v) is 8.74. The minimum absolute atomic E-state index is 0.294. The number of nitrogen functional groups attached to an aromatic ring is 1. The van der Waals surface area contributed by atoms with Crippen LogP contribution in [0.25, 0.3) is 0 Å². The number of aliphatic hydroxyl groups is 2. The second-order valence-corrected chi connectivity index (χ2v) is 3.85. The molecule has 1 unspecified atom stereocenters. The molecule has 1 atom stereocenters. The molecule has 0 saturated carbocycles. The summed E-state index contributed by atoms with van der Waals surface area (Å²) in [6, 6.07) is 3.48. The highest BCUT2D eigenvalue weighted by Gasteiger charge is 2.09. The summed E-state index contributed by atoms with van der Waals surface area (Å²) in [6.07, 6.45) is 0.685. The molecule has 0 aromatic carbocycles. The van der Waals surface area contributed by atoms with E-state index in [4.69, 9.17) is 21.2 Å². The van der Waals surface area contributed by atoms with Crippen molar-refractivity contribution in [2.75, 3.05) is 18.1 Å². The summed E-state index contributed by atoms with van der Waals surface area (Å²) in [7, 11) is 0. The molecule has 0 saturated heterocycles. The SMILES string of the molecule is N#Cc1ccnc(SCC(O)CO)c1N. The van der Waals surface area contributed by atoms with E-state index < -0.39 is 6.10 Å². The number of nitrogens with zero attached hydrogens (tertiary/aromatic N) is 2. The van der Waals surface area contributed by atoms with Crippen molar-refractivity contribution >= 4 is 17.4 Å². The van der Waals surface area contributed by atoms with E-state index in [1.807, 2.05) is 6.07 Å². The van der Waals surface area contributed by atoms with Gasteiger partial charge < -0.3 is 15.9 Å². The van der Waals surface area contributed by atoms with E-state index >= 15 is 0 Å². The minimum Gasteiger partial charge on any atom is -0.395 e. The lowest BCUT2D eigenvalue weighted by molar-refractivity contribution is 0.113. The summed E-state index contributed by atoms with van der Waals surface area (Å²) >= 11 is 1.21. The van der Waals surface area contributed by atoms with Crippen molar-refractivity contribution in [3.8, 4) is 6.07 Å². The lowest BCUT2D eigenvalue weighted by Crippen LogP contribution is -2.14. The number of hydrogen-bond acceptors (Lipinski definition) is 6. The van der Waals surface area contributed by atoms with Crippen LogP contribution in [0.4, 0.5) is 5.69 Å². The zero-order chi connectivity index (χ0) is 11.3. The fourth-order valence-electron chi connectivity index (χ4n) is 0.894. The highest BCUT2D eigenvalue weighted by molar-refractivity contribution is 7.99. The number of thioether (sulfide) groups is 1. The van der Waals surface area contributed by atoms with Crippen molar-refractivity contribution in [3.63, 3.8) is 0 Å². The standard InChI is InChI=1S/C9H11N3O2S/c10-3-6-1-2-12-9(8(6)11)15-5-7(14)4-13/h1-2,7,13-14H,4-5,11H2. The van der Waals surface area contributed by atoms with E-state index in [2.05, 4.69) is 4.98 Å². The molecule has 6 heteroatoms. The molecule has 1 rings (SSSR count). The fraction of sp³-hybridized carbons (Fsp3) is 0.333. The van der Waals surface area contributed by atoms with E-state index in [1.54, 1.807) is 0 Å². The monoisotopic (exact) mass is 225 g/mol. The predicted molar refractivity (Wildman–Crippen MR) is 57.2 cm³/mol. The Labute approximate surface area is 91.6 Å². The van der Waals surface area contributed by atoms with Gasteiger partial charge in [0.2, 0.25) is 0 Å². The average Bonchev–Trinajstić information content (AvgIpc) is 2.27. The Morgan fingerprint density at radius 1 is 1.67 bits per heavy atom. The Morgan fingerprint density at radius 3 is 3.00 bits per heavy atom. The largest absolute Gasteiger partial charge is 0.395 e. The second kappa shape index (κ2) is 5.56. The lowest BCUT2D eigenvalue weighted by Gasteiger charge is -2.08. The van der Waals surface area contributed by atoms with Gasteiger partial charge in [-0.1, -0.05) is 0 Å². The van der Waals surface area contributed by atoms with Crippen molar-refractivity contribution < 1.29 is 10.2 Å². The van der Waals surface area contributed by atoms with Crippen molar-refractivity contribution in [2.24, 2.45) is 0 Å². The predicted octanol–water partition coefficient (Wildman–Crippen LogP) is -0.0192. The van der Waals surface area contributed by atoms with Crippen LogP contribution in [0.2, 0.25) is 0 Å². The third kappa shape index (κ3) is 3.09. The van der Waals surface area contributed by atoms with Crippen LogP contribution in [0, 0.1) is 11.3 Å². The highest BCUT2D eigenvalue weighted by Crippen LogP contribution is 2.25. The van der Waals surface area contributed by atoms with Gasteiger partial charge in [-0.3, -0.25) is 0 Å². The Bertz CT molecular complexity index is 378. The molecule has 0 fully saturated rings. The Morgan fingerprint density at radius 2 is 2.40 bits per heavy atom. The Hall–Kier alpha value is -1.29. The van der Waals surface area contributed by atoms with Crippen LogP contribution in [0.15, 0.2) is 17.3 Å². The van der Waals surface area contributed by atoms with Crippen LogP contribution in [0.1, 0.15) is 5.56 Å². The lowest BCUT2D eigenvalue weighted by atomic mass is 10.2. The molecule has 0 radical (unpaired) electrons. The highest BCUT2D eigenvalue weighted by atomic mass is 32.2. The van der Waals surface area contributed by atoms with Crippen molar-refractivity contribution in [1.29, 1.82) is 5.26 Å². The molecule has 0 bridgehead atoms. The average molecular weight is 225 g/mol. The van der Waals surface area contributed by atoms with E-state index in [0.717, 1.165) is 0 Å². The molecule has 0 aliphatic rings. The van der Waals surface area contributed by atoms with Gasteiger partial charge in [0.15, 0.2) is 0 Å². The second-order valence-electron chi connectivity index (χ2n) is 2.84. The number of rotatable bonds is 4. The number of nitrogens with two attached hydrogens (primary N) is 1. The van der Waals surface area contributed by atoms with Crippen molar-refractivity contribution in [3.05, 3.63) is 17.8 Å². The van der Waals surface area contributed by atoms with Crippen LogP contribution >= 0.6 is 11.8 Å². The summed E-state index contributed by atoms with van der Waals surface area (Å²) in [5, 5.41) is 27.0. The van der Waals surface area contributed by atoms with E-state index in [0.29, 0.717) is 22.0 Å². The maximum absolute atomic E-state index is 9.13. The van der Waals surface area contributed by atoms with Gasteiger partial charge in [0, 0.05) is 11.9 Å². The number of hydrogen-bond donors (Lipinski definition) is 3. The number of nitriles is 1. The molecule has 0 spiro atoms. The first-order valence-electron chi connectivity index (χ1n) is 4.25. The van der Waals surface area contributed by atoms with Gasteiger partial charge in [-0.15, -0.1) is 11.8 Å². The van der Waals surface area contributed by atoms with Crippen LogP contribution in [0.3, 0.4) is 0 Å². The molecule has 15 heavy (non-hydrogen) atoms. The van der Waals surface area contributed by atoms with E-state index in [9.17, 15) is 0 Å². The Balaban J connectivity index is 2.74. The molecule has 0 aliphatic carbocycles. The normalized spacial score (nSPS) is 12.1. The van der Waals surface area contributed by atoms with Gasteiger partial charge in [-0.05, 0) is 6.07 Å². The van der Waals surface area contributed by atoms with Crippen LogP contribution in [-0.2, 0) is 0 Å². The summed E-state index contributed by atoms with van der Waals surface area (Å²) in [5.41, 5.74) is 6.35. The first-order valence-corrected chi connectivity index (χ1v) is 5.24. The molecule has 0 aliphatic heterocycles. The maximum Gasteiger partial charge on any atom is 0.120 e. The minimum atomic E-state index is -0.804. The van der Waals surface area contributed by atoms with Crippen LogP contribution in [0.5, 0.6) is 0 Å². The van der Waals surface area contributed by atoms with Gasteiger partial charge in [0.1, 0.15) is 11.1 Å². The fourth-order valence-corrected chi connectivity index (χ4v) is 1.75. The van der Waals surface area contributed by atoms with Crippen molar-refractivity contribution in [1.82, 2.24) is 4.98 Å². The van der Waals surface area contributed by atoms with E-state index in [-0.39, 0.29) is 6.61 Å². The van der Waals surface area contributed by atoms with Crippen molar-refractivity contribution in [2.45, 2.75) is 11.1 Å². The topological polar surface area (TPSA) is 103 Å². The number of anilines is 1. The molecule has 1 aromatic rings. The summed E-state index contributed by atoms with van der Waals surface area (Å²) in [5.74, 6) is 0.294. The summed E-state index contributed by atoms with van der Waals surface area (Å²) in [6.45, 7) is -0.301. The van der Waals surface area contributed by atoms with Gasteiger partial charge in [-0.25, -0.2) is 4.98 Å². The number of aromatic nitrogens is 1. The first kappa shape index (κ1) is 11.8. The Kier molecular flexibility index (Phi) is 4.37. The molecular weight excluding hydrogens is 214 g/mol. The maximum atomic E-state index is 9.13. The van der Waals surface area contributed by atoms with Gasteiger partial charge >= 0.3 is 0 Å². The van der Waals surface area contributed by atoms with Gasteiger partial charge in [-0.2, -0.15) is 5.26 Å². The molecule has 1 aromatic heterocycles. The molecule has 1 heterocycles. The molecule has 5 nitrogen and oxygen atoms in total. The smallest absolute Gasteiger partial charge is 0.120 e. The number of aliphatic hydroxyl groups excluding tert-OH is 2. The molecule has 4 N–H and O–H groups in total. The molecular formula is C9H11N3O2S. The summed E-state index contributed by atoms with van der Waals surface area (Å²) in [4.78, 5) is 3.99. The van der Waals surface area contributed by atoms with Gasteiger partial charge in [0.05, 0.1) is 24.0 Å². The summed E-state index contributed by atoms with van der Waals surface area (Å²) < 4.78 is 0. The molecule has 80 valence electrons. The zero-order valence-electron chi connectivity index (χ0n) is 7.92.